The minimum Gasteiger partial charge on any atom is -0.240 e. The molecule has 0 aliphatic rings. The molecule has 1 aromatic heterocycles. The van der Waals surface area contributed by atoms with Crippen molar-refractivity contribution in [3.63, 3.8) is 0 Å². The zero-order valence-electron chi connectivity index (χ0n) is 8.75. The summed E-state index contributed by atoms with van der Waals surface area (Å²) in [5.41, 5.74) is 4.78. The fourth-order valence-corrected chi connectivity index (χ4v) is 2.61. The van der Waals surface area contributed by atoms with Crippen LogP contribution >= 0.6 is 22.9 Å². The Bertz CT molecular complexity index is 476. The van der Waals surface area contributed by atoms with Crippen molar-refractivity contribution in [2.45, 2.75) is 19.7 Å². The molecule has 0 saturated carbocycles. The van der Waals surface area contributed by atoms with Crippen molar-refractivity contribution in [1.82, 2.24) is 4.98 Å². The van der Waals surface area contributed by atoms with Gasteiger partial charge in [0.2, 0.25) is 0 Å². The number of thiazole rings is 1. The van der Waals surface area contributed by atoms with Crippen molar-refractivity contribution >= 4 is 22.9 Å². The Balaban J connectivity index is 2.49. The summed E-state index contributed by atoms with van der Waals surface area (Å²) in [5.74, 6) is 0.487. The van der Waals surface area contributed by atoms with Gasteiger partial charge in [0.05, 0.1) is 11.6 Å². The molecule has 3 heteroatoms. The summed E-state index contributed by atoms with van der Waals surface area (Å²) in [6.45, 7) is 4.25. The van der Waals surface area contributed by atoms with Crippen LogP contribution in [0.5, 0.6) is 0 Å². The van der Waals surface area contributed by atoms with Gasteiger partial charge in [0.15, 0.2) is 0 Å². The van der Waals surface area contributed by atoms with E-state index in [1.807, 2.05) is 5.38 Å². The van der Waals surface area contributed by atoms with E-state index in [0.717, 1.165) is 10.7 Å². The van der Waals surface area contributed by atoms with Gasteiger partial charge in [-0.3, -0.25) is 0 Å². The average Bonchev–Trinajstić information content (AvgIpc) is 2.70. The molecule has 0 spiro atoms. The van der Waals surface area contributed by atoms with E-state index in [9.17, 15) is 0 Å². The summed E-state index contributed by atoms with van der Waals surface area (Å²) < 4.78 is 0. The van der Waals surface area contributed by atoms with Gasteiger partial charge in [-0.05, 0) is 25.0 Å². The lowest BCUT2D eigenvalue weighted by molar-refractivity contribution is 1.22. The summed E-state index contributed by atoms with van der Waals surface area (Å²) in [6, 6.07) is 6.30. The molecule has 1 aromatic carbocycles. The molecule has 0 aliphatic heterocycles. The van der Waals surface area contributed by atoms with E-state index >= 15 is 0 Å². The molecule has 15 heavy (non-hydrogen) atoms. The maximum Gasteiger partial charge on any atom is 0.123 e. The van der Waals surface area contributed by atoms with Gasteiger partial charge in [0.1, 0.15) is 5.01 Å². The molecule has 2 rings (SSSR count). The fraction of sp³-hybridized carbons (Fsp3) is 0.250. The van der Waals surface area contributed by atoms with Crippen LogP contribution in [0.3, 0.4) is 0 Å². The Morgan fingerprint density at radius 3 is 2.80 bits per heavy atom. The zero-order chi connectivity index (χ0) is 10.8. The SMILES string of the molecule is Cc1cccc(-c2nc(CCl)cs2)c1C. The minimum atomic E-state index is 0.487. The molecular formula is C12H12ClNS. The van der Waals surface area contributed by atoms with Crippen molar-refractivity contribution < 1.29 is 0 Å². The molecule has 0 bridgehead atoms. The molecule has 0 N–H and O–H groups in total. The molecule has 0 atom stereocenters. The molecule has 1 heterocycles. The van der Waals surface area contributed by atoms with E-state index in [1.165, 1.54) is 16.7 Å². The van der Waals surface area contributed by atoms with Gasteiger partial charge in [-0.15, -0.1) is 22.9 Å². The highest BCUT2D eigenvalue weighted by Gasteiger charge is 2.07. The molecule has 0 saturated heterocycles. The largest absolute Gasteiger partial charge is 0.240 e. The highest BCUT2D eigenvalue weighted by molar-refractivity contribution is 7.13. The maximum atomic E-state index is 5.74. The molecule has 0 fully saturated rings. The second-order valence-corrected chi connectivity index (χ2v) is 4.65. The van der Waals surface area contributed by atoms with E-state index in [2.05, 4.69) is 37.0 Å². The van der Waals surface area contributed by atoms with Crippen LogP contribution in [0.25, 0.3) is 10.6 Å². The molecule has 0 unspecified atom stereocenters. The first-order chi connectivity index (χ1) is 7.22. The van der Waals surface area contributed by atoms with Crippen LogP contribution in [0.1, 0.15) is 16.8 Å². The van der Waals surface area contributed by atoms with E-state index in [-0.39, 0.29) is 0 Å². The Morgan fingerprint density at radius 2 is 2.13 bits per heavy atom. The summed E-state index contributed by atoms with van der Waals surface area (Å²) >= 11 is 7.40. The third kappa shape index (κ3) is 2.06. The predicted octanol–water partition coefficient (Wildman–Crippen LogP) is 4.17. The van der Waals surface area contributed by atoms with Gasteiger partial charge < -0.3 is 0 Å². The maximum absolute atomic E-state index is 5.74. The van der Waals surface area contributed by atoms with Crippen LogP contribution in [0.2, 0.25) is 0 Å². The van der Waals surface area contributed by atoms with Crippen LogP contribution in [-0.2, 0) is 5.88 Å². The van der Waals surface area contributed by atoms with Gasteiger partial charge in [0.25, 0.3) is 0 Å². The van der Waals surface area contributed by atoms with Crippen molar-refractivity contribution in [3.8, 4) is 10.6 Å². The molecular weight excluding hydrogens is 226 g/mol. The first-order valence-corrected chi connectivity index (χ1v) is 6.20. The van der Waals surface area contributed by atoms with Crippen LogP contribution in [-0.4, -0.2) is 4.98 Å². The topological polar surface area (TPSA) is 12.9 Å². The number of alkyl halides is 1. The number of hydrogen-bond acceptors (Lipinski definition) is 2. The standard InChI is InChI=1S/C12H12ClNS/c1-8-4-3-5-11(9(8)2)12-14-10(6-13)7-15-12/h3-5,7H,6H2,1-2H3. The van der Waals surface area contributed by atoms with E-state index < -0.39 is 0 Å². The monoisotopic (exact) mass is 237 g/mol. The van der Waals surface area contributed by atoms with Gasteiger partial charge >= 0.3 is 0 Å². The van der Waals surface area contributed by atoms with Crippen LogP contribution < -0.4 is 0 Å². The van der Waals surface area contributed by atoms with Crippen molar-refractivity contribution in [2.24, 2.45) is 0 Å². The van der Waals surface area contributed by atoms with Gasteiger partial charge in [-0.2, -0.15) is 0 Å². The Labute approximate surface area is 98.7 Å². The quantitative estimate of drug-likeness (QED) is 0.715. The smallest absolute Gasteiger partial charge is 0.123 e. The predicted molar refractivity (Wildman–Crippen MR) is 66.6 cm³/mol. The first kappa shape index (κ1) is 10.7. The van der Waals surface area contributed by atoms with Crippen LogP contribution in [0.4, 0.5) is 0 Å². The van der Waals surface area contributed by atoms with Gasteiger partial charge in [0, 0.05) is 10.9 Å². The fourth-order valence-electron chi connectivity index (χ4n) is 1.47. The number of aryl methyl sites for hydroxylation is 1. The highest BCUT2D eigenvalue weighted by atomic mass is 35.5. The second-order valence-electron chi connectivity index (χ2n) is 3.53. The minimum absolute atomic E-state index is 0.487. The molecule has 0 aliphatic carbocycles. The Morgan fingerprint density at radius 1 is 1.33 bits per heavy atom. The zero-order valence-corrected chi connectivity index (χ0v) is 10.3. The number of halogens is 1. The van der Waals surface area contributed by atoms with Crippen LogP contribution in [0, 0.1) is 13.8 Å². The lowest BCUT2D eigenvalue weighted by atomic mass is 10.0. The molecule has 0 radical (unpaired) electrons. The summed E-state index contributed by atoms with van der Waals surface area (Å²) in [6.07, 6.45) is 0. The lowest BCUT2D eigenvalue weighted by Crippen LogP contribution is -1.86. The highest BCUT2D eigenvalue weighted by Crippen LogP contribution is 2.28. The molecule has 0 amide bonds. The van der Waals surface area contributed by atoms with Crippen LogP contribution in [0.15, 0.2) is 23.6 Å². The van der Waals surface area contributed by atoms with E-state index in [4.69, 9.17) is 11.6 Å². The Hall–Kier alpha value is -0.860. The number of benzene rings is 1. The first-order valence-electron chi connectivity index (χ1n) is 4.79. The Kier molecular flexibility index (Phi) is 3.08. The third-order valence-corrected chi connectivity index (χ3v) is 3.72. The van der Waals surface area contributed by atoms with Crippen molar-refractivity contribution in [3.05, 3.63) is 40.4 Å². The van der Waals surface area contributed by atoms with E-state index in [0.29, 0.717) is 5.88 Å². The average molecular weight is 238 g/mol. The number of rotatable bonds is 2. The van der Waals surface area contributed by atoms with Gasteiger partial charge in [-0.25, -0.2) is 4.98 Å². The lowest BCUT2D eigenvalue weighted by Gasteiger charge is -2.04. The van der Waals surface area contributed by atoms with E-state index in [1.54, 1.807) is 11.3 Å². The third-order valence-electron chi connectivity index (χ3n) is 2.52. The summed E-state index contributed by atoms with van der Waals surface area (Å²) in [5, 5.41) is 3.08. The molecule has 2 aromatic rings. The second kappa shape index (κ2) is 4.33. The summed E-state index contributed by atoms with van der Waals surface area (Å²) in [4.78, 5) is 4.49. The molecule has 1 nitrogen and oxygen atoms in total. The van der Waals surface area contributed by atoms with Gasteiger partial charge in [-0.1, -0.05) is 18.2 Å². The number of nitrogens with zero attached hydrogens (tertiary/aromatic N) is 1. The van der Waals surface area contributed by atoms with Crippen molar-refractivity contribution in [2.75, 3.05) is 0 Å². The van der Waals surface area contributed by atoms with Crippen molar-refractivity contribution in [1.29, 1.82) is 0 Å². The summed E-state index contributed by atoms with van der Waals surface area (Å²) in [7, 11) is 0. The molecule has 78 valence electrons. The number of hydrogen-bond donors (Lipinski definition) is 0. The normalized spacial score (nSPS) is 10.6. The number of aromatic nitrogens is 1.